The SMILES string of the molecule is CN=C(NCCSC)NCc1cccc(CN2CCCCCC2)c1.I. The Labute approximate surface area is 174 Å². The number of nitrogens with one attached hydrogen (secondary N) is 2. The van der Waals surface area contributed by atoms with E-state index >= 15 is 0 Å². The number of halogens is 1. The molecule has 2 rings (SSSR count). The third-order valence-corrected chi connectivity index (χ3v) is 4.99. The van der Waals surface area contributed by atoms with Crippen molar-refractivity contribution in [3.63, 3.8) is 0 Å². The van der Waals surface area contributed by atoms with Gasteiger partial charge in [0, 0.05) is 32.4 Å². The van der Waals surface area contributed by atoms with Gasteiger partial charge in [-0.3, -0.25) is 9.89 Å². The molecule has 0 amide bonds. The van der Waals surface area contributed by atoms with Crippen molar-refractivity contribution in [1.29, 1.82) is 0 Å². The topological polar surface area (TPSA) is 39.7 Å². The number of aliphatic imine (C=N–C) groups is 1. The molecule has 1 saturated heterocycles. The van der Waals surface area contributed by atoms with E-state index in [2.05, 4.69) is 51.0 Å². The van der Waals surface area contributed by atoms with Gasteiger partial charge in [-0.25, -0.2) is 0 Å². The Morgan fingerprint density at radius 2 is 1.84 bits per heavy atom. The molecule has 2 N–H and O–H groups in total. The number of likely N-dealkylation sites (tertiary alicyclic amines) is 1. The van der Waals surface area contributed by atoms with E-state index in [-0.39, 0.29) is 24.0 Å². The number of benzene rings is 1. The first-order valence-electron chi connectivity index (χ1n) is 9.05. The molecule has 0 atom stereocenters. The average Bonchev–Trinajstić information content (AvgIpc) is 2.87. The van der Waals surface area contributed by atoms with E-state index in [9.17, 15) is 0 Å². The molecular weight excluding hydrogens is 443 g/mol. The molecule has 0 aromatic heterocycles. The second-order valence-electron chi connectivity index (χ2n) is 6.36. The van der Waals surface area contributed by atoms with E-state index in [1.807, 2.05) is 18.8 Å². The van der Waals surface area contributed by atoms with Crippen LogP contribution >= 0.6 is 35.7 Å². The van der Waals surface area contributed by atoms with E-state index in [1.54, 1.807) is 0 Å². The van der Waals surface area contributed by atoms with Crippen LogP contribution < -0.4 is 10.6 Å². The zero-order chi connectivity index (χ0) is 17.0. The molecule has 0 aliphatic carbocycles. The molecule has 142 valence electrons. The fourth-order valence-corrected chi connectivity index (χ4v) is 3.37. The zero-order valence-electron chi connectivity index (χ0n) is 15.6. The average molecular weight is 476 g/mol. The highest BCUT2D eigenvalue weighted by molar-refractivity contribution is 14.0. The maximum atomic E-state index is 4.28. The van der Waals surface area contributed by atoms with Crippen LogP contribution in [0.25, 0.3) is 0 Å². The molecule has 1 aliphatic rings. The lowest BCUT2D eigenvalue weighted by Gasteiger charge is -2.20. The molecule has 0 unspecified atom stereocenters. The van der Waals surface area contributed by atoms with Crippen molar-refractivity contribution in [3.05, 3.63) is 35.4 Å². The highest BCUT2D eigenvalue weighted by Crippen LogP contribution is 2.14. The molecule has 1 aliphatic heterocycles. The number of hydrogen-bond acceptors (Lipinski definition) is 3. The molecule has 0 radical (unpaired) electrons. The third kappa shape index (κ3) is 9.15. The van der Waals surface area contributed by atoms with E-state index in [0.29, 0.717) is 0 Å². The smallest absolute Gasteiger partial charge is 0.191 e. The summed E-state index contributed by atoms with van der Waals surface area (Å²) in [6, 6.07) is 8.94. The van der Waals surface area contributed by atoms with Crippen molar-refractivity contribution in [1.82, 2.24) is 15.5 Å². The molecular formula is C19H33IN4S. The summed E-state index contributed by atoms with van der Waals surface area (Å²) in [6.07, 6.45) is 7.60. The maximum absolute atomic E-state index is 4.28. The number of rotatable bonds is 7. The van der Waals surface area contributed by atoms with Gasteiger partial charge in [0.25, 0.3) is 0 Å². The van der Waals surface area contributed by atoms with Crippen LogP contribution in [0.1, 0.15) is 36.8 Å². The lowest BCUT2D eigenvalue weighted by Crippen LogP contribution is -2.37. The van der Waals surface area contributed by atoms with Crippen molar-refractivity contribution < 1.29 is 0 Å². The van der Waals surface area contributed by atoms with Gasteiger partial charge in [0.05, 0.1) is 0 Å². The predicted molar refractivity (Wildman–Crippen MR) is 122 cm³/mol. The van der Waals surface area contributed by atoms with Crippen LogP contribution in [0.4, 0.5) is 0 Å². The van der Waals surface area contributed by atoms with Crippen molar-refractivity contribution in [2.24, 2.45) is 4.99 Å². The lowest BCUT2D eigenvalue weighted by atomic mass is 10.1. The number of thioether (sulfide) groups is 1. The number of nitrogens with zero attached hydrogens (tertiary/aromatic N) is 2. The van der Waals surface area contributed by atoms with Gasteiger partial charge in [-0.1, -0.05) is 37.1 Å². The van der Waals surface area contributed by atoms with Crippen molar-refractivity contribution in [3.8, 4) is 0 Å². The Morgan fingerprint density at radius 3 is 2.52 bits per heavy atom. The quantitative estimate of drug-likeness (QED) is 0.273. The van der Waals surface area contributed by atoms with Crippen LogP contribution in [0, 0.1) is 0 Å². The van der Waals surface area contributed by atoms with Gasteiger partial charge >= 0.3 is 0 Å². The highest BCUT2D eigenvalue weighted by Gasteiger charge is 2.09. The Balaban J connectivity index is 0.00000312. The largest absolute Gasteiger partial charge is 0.356 e. The van der Waals surface area contributed by atoms with Crippen LogP contribution in [-0.4, -0.2) is 49.6 Å². The van der Waals surface area contributed by atoms with Crippen LogP contribution in [0.15, 0.2) is 29.3 Å². The zero-order valence-corrected chi connectivity index (χ0v) is 18.7. The van der Waals surface area contributed by atoms with Crippen LogP contribution in [0.3, 0.4) is 0 Å². The molecule has 0 bridgehead atoms. The van der Waals surface area contributed by atoms with Gasteiger partial charge < -0.3 is 10.6 Å². The molecule has 1 aromatic rings. The number of hydrogen-bond donors (Lipinski definition) is 2. The molecule has 1 fully saturated rings. The summed E-state index contributed by atoms with van der Waals surface area (Å²) in [5, 5.41) is 6.74. The maximum Gasteiger partial charge on any atom is 0.191 e. The summed E-state index contributed by atoms with van der Waals surface area (Å²) in [4.78, 5) is 6.88. The van der Waals surface area contributed by atoms with Gasteiger partial charge in [0.1, 0.15) is 0 Å². The third-order valence-electron chi connectivity index (χ3n) is 4.38. The van der Waals surface area contributed by atoms with Gasteiger partial charge in [-0.15, -0.1) is 24.0 Å². The Bertz CT molecular complexity index is 502. The molecule has 1 heterocycles. The first-order valence-corrected chi connectivity index (χ1v) is 10.4. The second-order valence-corrected chi connectivity index (χ2v) is 7.34. The van der Waals surface area contributed by atoms with Gasteiger partial charge in [0.2, 0.25) is 0 Å². The standard InChI is InChI=1S/C19H32N4S.HI/c1-20-19(21-10-13-24-2)22-15-17-8-7-9-18(14-17)16-23-11-5-3-4-6-12-23;/h7-9,14H,3-6,10-13,15-16H2,1-2H3,(H2,20,21,22);1H. The normalized spacial score (nSPS) is 16.0. The molecule has 25 heavy (non-hydrogen) atoms. The molecule has 4 nitrogen and oxygen atoms in total. The first kappa shape index (κ1) is 22.6. The fraction of sp³-hybridized carbons (Fsp3) is 0.632. The van der Waals surface area contributed by atoms with Gasteiger partial charge in [0.15, 0.2) is 5.96 Å². The monoisotopic (exact) mass is 476 g/mol. The van der Waals surface area contributed by atoms with Crippen LogP contribution in [0.2, 0.25) is 0 Å². The Kier molecular flexibility index (Phi) is 12.4. The van der Waals surface area contributed by atoms with E-state index < -0.39 is 0 Å². The molecule has 6 heteroatoms. The molecule has 0 spiro atoms. The predicted octanol–water partition coefficient (Wildman–Crippen LogP) is 3.71. The van der Waals surface area contributed by atoms with Crippen LogP contribution in [0.5, 0.6) is 0 Å². The second kappa shape index (κ2) is 13.7. The minimum atomic E-state index is 0. The van der Waals surface area contributed by atoms with E-state index in [0.717, 1.165) is 31.3 Å². The van der Waals surface area contributed by atoms with Crippen LogP contribution in [-0.2, 0) is 13.1 Å². The Hall–Kier alpha value is -0.470. The summed E-state index contributed by atoms with van der Waals surface area (Å²) >= 11 is 1.84. The molecule has 0 saturated carbocycles. The van der Waals surface area contributed by atoms with E-state index in [4.69, 9.17) is 0 Å². The highest BCUT2D eigenvalue weighted by atomic mass is 127. The van der Waals surface area contributed by atoms with Crippen molar-refractivity contribution in [2.45, 2.75) is 38.8 Å². The summed E-state index contributed by atoms with van der Waals surface area (Å²) in [5.74, 6) is 1.97. The minimum Gasteiger partial charge on any atom is -0.356 e. The summed E-state index contributed by atoms with van der Waals surface area (Å²) in [5.41, 5.74) is 2.73. The minimum absolute atomic E-state index is 0. The summed E-state index contributed by atoms with van der Waals surface area (Å²) in [6.45, 7) is 5.32. The van der Waals surface area contributed by atoms with Crippen molar-refractivity contribution in [2.75, 3.05) is 38.7 Å². The van der Waals surface area contributed by atoms with Gasteiger partial charge in [-0.2, -0.15) is 11.8 Å². The molecule has 1 aromatic carbocycles. The van der Waals surface area contributed by atoms with Crippen molar-refractivity contribution >= 4 is 41.7 Å². The lowest BCUT2D eigenvalue weighted by molar-refractivity contribution is 0.277. The first-order chi connectivity index (χ1) is 11.8. The van der Waals surface area contributed by atoms with E-state index in [1.165, 1.54) is 49.9 Å². The Morgan fingerprint density at radius 1 is 1.12 bits per heavy atom. The van der Waals surface area contributed by atoms with Gasteiger partial charge in [-0.05, 0) is 43.3 Å². The summed E-state index contributed by atoms with van der Waals surface area (Å²) in [7, 11) is 1.82. The fourth-order valence-electron chi connectivity index (χ4n) is 3.07. The number of guanidine groups is 1. The summed E-state index contributed by atoms with van der Waals surface area (Å²) < 4.78 is 0.